The Morgan fingerprint density at radius 2 is 2.32 bits per heavy atom. The van der Waals surface area contributed by atoms with Crippen molar-refractivity contribution in [3.8, 4) is 0 Å². The van der Waals surface area contributed by atoms with Gasteiger partial charge in [0.15, 0.2) is 0 Å². The monoisotopic (exact) mass is 280 g/mol. The number of fused-ring (bicyclic) bond motifs is 1. The lowest BCUT2D eigenvalue weighted by Crippen LogP contribution is -2.03. The smallest absolute Gasteiger partial charge is 0.313 e. The minimum atomic E-state index is -0.829. The lowest BCUT2D eigenvalue weighted by molar-refractivity contribution is -0.133. The number of imidazole rings is 1. The highest BCUT2D eigenvalue weighted by molar-refractivity contribution is 7.99. The summed E-state index contributed by atoms with van der Waals surface area (Å²) in [5.74, 6) is 0.347. The molecule has 0 amide bonds. The molecule has 4 nitrogen and oxygen atoms in total. The molecule has 0 unspecified atom stereocenters. The van der Waals surface area contributed by atoms with Gasteiger partial charge in [-0.1, -0.05) is 0 Å². The van der Waals surface area contributed by atoms with Crippen molar-refractivity contribution in [2.75, 3.05) is 5.75 Å². The zero-order chi connectivity index (χ0) is 13.4. The molecule has 1 aromatic heterocycles. The zero-order valence-corrected chi connectivity index (χ0v) is 11.0. The highest BCUT2D eigenvalue weighted by Crippen LogP contribution is 2.39. The van der Waals surface area contributed by atoms with Crippen LogP contribution in [0.25, 0.3) is 11.0 Å². The van der Waals surface area contributed by atoms with Crippen molar-refractivity contribution >= 4 is 28.8 Å². The number of thioether (sulfide) groups is 1. The maximum atomic E-state index is 13.3. The van der Waals surface area contributed by atoms with Gasteiger partial charge in [-0.15, -0.1) is 11.8 Å². The van der Waals surface area contributed by atoms with E-state index in [1.807, 2.05) is 0 Å². The lowest BCUT2D eigenvalue weighted by atomic mass is 10.3. The van der Waals surface area contributed by atoms with Crippen molar-refractivity contribution in [3.63, 3.8) is 0 Å². The average Bonchev–Trinajstić information content (AvgIpc) is 3.11. The molecule has 1 aliphatic carbocycles. The first-order valence-electron chi connectivity index (χ1n) is 6.11. The average molecular weight is 280 g/mol. The van der Waals surface area contributed by atoms with Crippen LogP contribution in [0.1, 0.15) is 24.7 Å². The van der Waals surface area contributed by atoms with Gasteiger partial charge in [0.1, 0.15) is 11.6 Å². The molecule has 1 saturated carbocycles. The summed E-state index contributed by atoms with van der Waals surface area (Å²) in [6.45, 7) is 0. The van der Waals surface area contributed by atoms with Crippen LogP contribution in [0.5, 0.6) is 0 Å². The summed E-state index contributed by atoms with van der Waals surface area (Å²) in [7, 11) is 0. The van der Waals surface area contributed by atoms with Gasteiger partial charge >= 0.3 is 5.97 Å². The number of rotatable bonds is 5. The van der Waals surface area contributed by atoms with E-state index in [0.717, 1.165) is 29.7 Å². The second-order valence-electron chi connectivity index (χ2n) is 4.65. The van der Waals surface area contributed by atoms with Gasteiger partial charge in [0.2, 0.25) is 0 Å². The Bertz CT molecular complexity index is 637. The number of carboxylic acids is 1. The van der Waals surface area contributed by atoms with Crippen LogP contribution in [-0.4, -0.2) is 26.4 Å². The van der Waals surface area contributed by atoms with Crippen molar-refractivity contribution in [3.05, 3.63) is 29.8 Å². The molecule has 0 atom stereocenters. The first-order valence-corrected chi connectivity index (χ1v) is 7.26. The van der Waals surface area contributed by atoms with Crippen LogP contribution in [0.15, 0.2) is 18.2 Å². The highest BCUT2D eigenvalue weighted by Gasteiger charge is 2.28. The van der Waals surface area contributed by atoms with Gasteiger partial charge in [0, 0.05) is 6.04 Å². The largest absolute Gasteiger partial charge is 0.481 e. The number of halogens is 1. The molecule has 0 radical (unpaired) electrons. The molecule has 6 heteroatoms. The van der Waals surface area contributed by atoms with Gasteiger partial charge < -0.3 is 9.67 Å². The van der Waals surface area contributed by atoms with E-state index < -0.39 is 5.97 Å². The summed E-state index contributed by atoms with van der Waals surface area (Å²) < 4.78 is 15.4. The fourth-order valence-electron chi connectivity index (χ4n) is 2.19. The Balaban J connectivity index is 1.93. The first kappa shape index (κ1) is 12.5. The normalized spacial score (nSPS) is 15.0. The summed E-state index contributed by atoms with van der Waals surface area (Å²) in [6, 6.07) is 4.98. The van der Waals surface area contributed by atoms with E-state index in [4.69, 9.17) is 5.11 Å². The van der Waals surface area contributed by atoms with Gasteiger partial charge in [-0.05, 0) is 31.0 Å². The topological polar surface area (TPSA) is 55.1 Å². The molecule has 100 valence electrons. The second kappa shape index (κ2) is 4.85. The number of nitrogens with zero attached hydrogens (tertiary/aromatic N) is 2. The van der Waals surface area contributed by atoms with Gasteiger partial charge in [-0.25, -0.2) is 9.37 Å². The molecule has 0 saturated heterocycles. The SMILES string of the molecule is O=C(O)CSCc1nc2ccc(F)cc2n1C1CC1. The molecule has 0 spiro atoms. The zero-order valence-electron chi connectivity index (χ0n) is 10.2. The predicted molar refractivity (Wildman–Crippen MR) is 71.8 cm³/mol. The van der Waals surface area contributed by atoms with E-state index in [2.05, 4.69) is 9.55 Å². The van der Waals surface area contributed by atoms with Crippen LogP contribution < -0.4 is 0 Å². The number of benzene rings is 1. The summed E-state index contributed by atoms with van der Waals surface area (Å²) in [5, 5.41) is 8.66. The summed E-state index contributed by atoms with van der Waals surface area (Å²) in [5.41, 5.74) is 1.59. The fourth-order valence-corrected chi connectivity index (χ4v) is 2.85. The molecule has 1 heterocycles. The van der Waals surface area contributed by atoms with Crippen LogP contribution in [0.3, 0.4) is 0 Å². The molecule has 2 aromatic rings. The maximum absolute atomic E-state index is 13.3. The van der Waals surface area contributed by atoms with E-state index in [9.17, 15) is 9.18 Å². The van der Waals surface area contributed by atoms with Crippen molar-refractivity contribution in [2.24, 2.45) is 0 Å². The molecule has 1 aromatic carbocycles. The number of aliphatic carboxylic acids is 1. The van der Waals surface area contributed by atoms with Gasteiger partial charge in [0.25, 0.3) is 0 Å². The molecule has 0 aliphatic heterocycles. The van der Waals surface area contributed by atoms with E-state index in [0.29, 0.717) is 11.8 Å². The summed E-state index contributed by atoms with van der Waals surface area (Å²) >= 11 is 1.32. The molecule has 0 bridgehead atoms. The lowest BCUT2D eigenvalue weighted by Gasteiger charge is -2.06. The highest BCUT2D eigenvalue weighted by atomic mass is 32.2. The molecular formula is C13H13FN2O2S. The first-order chi connectivity index (χ1) is 9.15. The van der Waals surface area contributed by atoms with Gasteiger partial charge in [-0.3, -0.25) is 4.79 Å². The predicted octanol–water partition coefficient (Wildman–Crippen LogP) is 2.83. The van der Waals surface area contributed by atoms with Crippen LogP contribution in [0.2, 0.25) is 0 Å². The quantitative estimate of drug-likeness (QED) is 0.915. The minimum Gasteiger partial charge on any atom is -0.481 e. The summed E-state index contributed by atoms with van der Waals surface area (Å²) in [6.07, 6.45) is 2.16. The Labute approximate surface area is 113 Å². The van der Waals surface area contributed by atoms with Crippen LogP contribution in [0.4, 0.5) is 4.39 Å². The number of hydrogen-bond donors (Lipinski definition) is 1. The van der Waals surface area contributed by atoms with Crippen LogP contribution in [-0.2, 0) is 10.5 Å². The minimum absolute atomic E-state index is 0.0578. The Morgan fingerprint density at radius 1 is 1.53 bits per heavy atom. The van der Waals surface area contributed by atoms with Crippen LogP contribution >= 0.6 is 11.8 Å². The van der Waals surface area contributed by atoms with Crippen molar-refractivity contribution in [1.29, 1.82) is 0 Å². The number of hydrogen-bond acceptors (Lipinski definition) is 3. The fraction of sp³-hybridized carbons (Fsp3) is 0.385. The van der Waals surface area contributed by atoms with Crippen molar-refractivity contribution in [2.45, 2.75) is 24.6 Å². The van der Waals surface area contributed by atoms with E-state index in [-0.39, 0.29) is 11.6 Å². The molecule has 1 N–H and O–H groups in total. The van der Waals surface area contributed by atoms with E-state index in [1.54, 1.807) is 6.07 Å². The molecule has 1 aliphatic rings. The molecule has 19 heavy (non-hydrogen) atoms. The van der Waals surface area contributed by atoms with Gasteiger partial charge in [0.05, 0.1) is 22.5 Å². The van der Waals surface area contributed by atoms with Gasteiger partial charge in [-0.2, -0.15) is 0 Å². The maximum Gasteiger partial charge on any atom is 0.313 e. The molecular weight excluding hydrogens is 267 g/mol. The van der Waals surface area contributed by atoms with Crippen molar-refractivity contribution < 1.29 is 14.3 Å². The van der Waals surface area contributed by atoms with Crippen LogP contribution in [0, 0.1) is 5.82 Å². The third kappa shape index (κ3) is 2.58. The Morgan fingerprint density at radius 3 is 3.00 bits per heavy atom. The second-order valence-corrected chi connectivity index (χ2v) is 5.63. The number of carbonyl (C=O) groups is 1. The standard InChI is InChI=1S/C13H13FN2O2S/c14-8-1-4-10-11(5-8)16(9-2-3-9)12(15-10)6-19-7-13(17)18/h1,4-5,9H,2-3,6-7H2,(H,17,18). The van der Waals surface area contributed by atoms with E-state index in [1.165, 1.54) is 23.9 Å². The van der Waals surface area contributed by atoms with Crippen molar-refractivity contribution in [1.82, 2.24) is 9.55 Å². The van der Waals surface area contributed by atoms with E-state index >= 15 is 0 Å². The Kier molecular flexibility index (Phi) is 3.18. The Hall–Kier alpha value is -1.56. The number of carboxylic acid groups (broad SMARTS) is 1. The molecule has 3 rings (SSSR count). The summed E-state index contributed by atoms with van der Waals surface area (Å²) in [4.78, 5) is 15.0. The third-order valence-corrected chi connectivity index (χ3v) is 4.01. The third-order valence-electron chi connectivity index (χ3n) is 3.09. The molecule has 1 fully saturated rings. The number of aromatic nitrogens is 2.